The third-order valence-corrected chi connectivity index (χ3v) is 5.21. The van der Waals surface area contributed by atoms with Crippen LogP contribution in [-0.4, -0.2) is 25.2 Å². The molecule has 0 amide bonds. The summed E-state index contributed by atoms with van der Waals surface area (Å²) in [6, 6.07) is 0. The minimum Gasteiger partial charge on any atom is -0.465 e. The van der Waals surface area contributed by atoms with Crippen molar-refractivity contribution in [2.24, 2.45) is 11.8 Å². The minimum absolute atomic E-state index is 0.233. The number of rotatable bonds is 14. The van der Waals surface area contributed by atoms with Crippen LogP contribution in [0.5, 0.6) is 0 Å². The van der Waals surface area contributed by atoms with E-state index in [0.29, 0.717) is 13.2 Å². The Balaban J connectivity index is 2.32. The number of hydrogen-bond acceptors (Lipinski definition) is 4. The molecule has 1 fully saturated rings. The monoisotopic (exact) mass is 392 g/mol. The van der Waals surface area contributed by atoms with Crippen molar-refractivity contribution in [2.45, 2.75) is 90.9 Å². The number of hydrogen-bond donors (Lipinski definition) is 0. The molecule has 4 nitrogen and oxygen atoms in total. The maximum atomic E-state index is 12.5. The number of carbonyl (C=O) groups is 2. The molecule has 2 unspecified atom stereocenters. The summed E-state index contributed by atoms with van der Waals surface area (Å²) in [4.78, 5) is 24.9. The molecule has 1 rings (SSSR count). The van der Waals surface area contributed by atoms with Gasteiger partial charge in [0.05, 0.1) is 25.0 Å². The Morgan fingerprint density at radius 1 is 0.714 bits per heavy atom. The fourth-order valence-electron chi connectivity index (χ4n) is 3.48. The van der Waals surface area contributed by atoms with E-state index in [4.69, 9.17) is 9.47 Å². The lowest BCUT2D eigenvalue weighted by Gasteiger charge is -2.28. The van der Waals surface area contributed by atoms with E-state index in [1.165, 1.54) is 25.7 Å². The van der Waals surface area contributed by atoms with E-state index in [0.717, 1.165) is 51.4 Å². The molecule has 0 spiro atoms. The third-order valence-electron chi connectivity index (χ3n) is 5.21. The molecule has 0 aromatic carbocycles. The first-order valence-electron chi connectivity index (χ1n) is 11.3. The van der Waals surface area contributed by atoms with Crippen molar-refractivity contribution in [2.75, 3.05) is 13.2 Å². The van der Waals surface area contributed by atoms with Crippen LogP contribution in [0.15, 0.2) is 24.3 Å². The van der Waals surface area contributed by atoms with Gasteiger partial charge in [-0.1, -0.05) is 76.7 Å². The zero-order chi connectivity index (χ0) is 20.5. The molecule has 0 aromatic heterocycles. The molecule has 4 heteroatoms. The molecule has 0 N–H and O–H groups in total. The average molecular weight is 393 g/mol. The predicted octanol–water partition coefficient (Wildman–Crippen LogP) is 6.15. The Morgan fingerprint density at radius 2 is 1.11 bits per heavy atom. The van der Waals surface area contributed by atoms with E-state index in [1.54, 1.807) is 0 Å². The maximum Gasteiger partial charge on any atom is 0.309 e. The molecule has 28 heavy (non-hydrogen) atoms. The molecule has 2 atom stereocenters. The van der Waals surface area contributed by atoms with Gasteiger partial charge in [0.15, 0.2) is 0 Å². The molecule has 0 heterocycles. The molecule has 0 radical (unpaired) electrons. The van der Waals surface area contributed by atoms with Gasteiger partial charge in [-0.15, -0.1) is 0 Å². The first-order valence-corrected chi connectivity index (χ1v) is 11.3. The van der Waals surface area contributed by atoms with Crippen LogP contribution in [0.1, 0.15) is 90.9 Å². The molecule has 1 saturated carbocycles. The zero-order valence-electron chi connectivity index (χ0n) is 18.0. The summed E-state index contributed by atoms with van der Waals surface area (Å²) in [6.07, 6.45) is 20.2. The number of allylic oxidation sites excluding steroid dienone is 2. The second-order valence-electron chi connectivity index (χ2n) is 7.64. The highest BCUT2D eigenvalue weighted by molar-refractivity contribution is 5.82. The van der Waals surface area contributed by atoms with Crippen LogP contribution >= 0.6 is 0 Å². The predicted molar refractivity (Wildman–Crippen MR) is 114 cm³/mol. The highest BCUT2D eigenvalue weighted by Gasteiger charge is 2.37. The van der Waals surface area contributed by atoms with E-state index in [1.807, 2.05) is 0 Å². The van der Waals surface area contributed by atoms with Gasteiger partial charge >= 0.3 is 11.9 Å². The van der Waals surface area contributed by atoms with Gasteiger partial charge in [-0.3, -0.25) is 9.59 Å². The lowest BCUT2D eigenvalue weighted by molar-refractivity contribution is -0.162. The van der Waals surface area contributed by atoms with E-state index < -0.39 is 0 Å². The Hall–Kier alpha value is -1.58. The molecule has 160 valence electrons. The van der Waals surface area contributed by atoms with Gasteiger partial charge in [0, 0.05) is 0 Å². The second-order valence-corrected chi connectivity index (χ2v) is 7.64. The Bertz CT molecular complexity index is 437. The molecule has 1 aliphatic rings. The van der Waals surface area contributed by atoms with Gasteiger partial charge in [-0.25, -0.2) is 0 Å². The maximum absolute atomic E-state index is 12.5. The zero-order valence-corrected chi connectivity index (χ0v) is 18.0. The van der Waals surface area contributed by atoms with Crippen LogP contribution in [0.3, 0.4) is 0 Å². The molecular formula is C24H40O4. The topological polar surface area (TPSA) is 52.6 Å². The molecular weight excluding hydrogens is 352 g/mol. The molecule has 1 aliphatic carbocycles. The number of ether oxygens (including phenoxy) is 2. The van der Waals surface area contributed by atoms with Crippen molar-refractivity contribution in [3.8, 4) is 0 Å². The normalized spacial score (nSPS) is 19.9. The van der Waals surface area contributed by atoms with Gasteiger partial charge in [0.25, 0.3) is 0 Å². The van der Waals surface area contributed by atoms with Gasteiger partial charge in [0.2, 0.25) is 0 Å². The van der Waals surface area contributed by atoms with Crippen LogP contribution < -0.4 is 0 Å². The Labute approximate surface area is 171 Å². The standard InChI is InChI=1S/C24H40O4/c1-3-5-7-9-11-15-19-27-23(25)21-17-13-14-18-22(21)24(26)28-20-16-12-10-8-6-4-2/h9-12,21-22H,3-8,13-20H2,1-2H3/b11-9+,12-10+. The number of carbonyl (C=O) groups excluding carboxylic acids is 2. The first kappa shape index (κ1) is 24.5. The van der Waals surface area contributed by atoms with Crippen LogP contribution in [0.25, 0.3) is 0 Å². The Kier molecular flexibility index (Phi) is 14.3. The number of esters is 2. The van der Waals surface area contributed by atoms with Crippen LogP contribution in [0, 0.1) is 11.8 Å². The van der Waals surface area contributed by atoms with Crippen molar-refractivity contribution in [1.29, 1.82) is 0 Å². The van der Waals surface area contributed by atoms with E-state index in [9.17, 15) is 9.59 Å². The number of unbranched alkanes of at least 4 members (excludes halogenated alkanes) is 4. The molecule has 0 aliphatic heterocycles. The van der Waals surface area contributed by atoms with Gasteiger partial charge < -0.3 is 9.47 Å². The SMILES string of the molecule is CCCC/C=C/CCOC(=O)C1CCCCC1C(=O)OCC/C=C/CCCC. The van der Waals surface area contributed by atoms with Gasteiger partial charge in [-0.05, 0) is 38.5 Å². The summed E-state index contributed by atoms with van der Waals surface area (Å²) in [5.74, 6) is -1.15. The van der Waals surface area contributed by atoms with Gasteiger partial charge in [0.1, 0.15) is 0 Å². The summed E-state index contributed by atoms with van der Waals surface area (Å²) < 4.78 is 10.9. The van der Waals surface area contributed by atoms with Crippen molar-refractivity contribution in [3.05, 3.63) is 24.3 Å². The van der Waals surface area contributed by atoms with E-state index in [2.05, 4.69) is 38.2 Å². The van der Waals surface area contributed by atoms with E-state index in [-0.39, 0.29) is 23.8 Å². The quantitative estimate of drug-likeness (QED) is 0.202. The Morgan fingerprint density at radius 3 is 1.50 bits per heavy atom. The van der Waals surface area contributed by atoms with Crippen molar-refractivity contribution >= 4 is 11.9 Å². The smallest absolute Gasteiger partial charge is 0.309 e. The molecule has 0 saturated heterocycles. The van der Waals surface area contributed by atoms with Crippen LogP contribution in [-0.2, 0) is 19.1 Å². The fraction of sp³-hybridized carbons (Fsp3) is 0.750. The van der Waals surface area contributed by atoms with Crippen LogP contribution in [0.2, 0.25) is 0 Å². The summed E-state index contributed by atoms with van der Waals surface area (Å²) in [7, 11) is 0. The fourth-order valence-corrected chi connectivity index (χ4v) is 3.48. The average Bonchev–Trinajstić information content (AvgIpc) is 2.72. The molecule has 0 bridgehead atoms. The first-order chi connectivity index (χ1) is 13.7. The summed E-state index contributed by atoms with van der Waals surface area (Å²) in [5, 5.41) is 0. The largest absolute Gasteiger partial charge is 0.465 e. The summed E-state index contributed by atoms with van der Waals surface area (Å²) in [5.41, 5.74) is 0. The lowest BCUT2D eigenvalue weighted by Crippen LogP contribution is -2.35. The van der Waals surface area contributed by atoms with E-state index >= 15 is 0 Å². The van der Waals surface area contributed by atoms with Crippen molar-refractivity contribution < 1.29 is 19.1 Å². The third kappa shape index (κ3) is 10.7. The van der Waals surface area contributed by atoms with Crippen molar-refractivity contribution in [3.63, 3.8) is 0 Å². The summed E-state index contributed by atoms with van der Waals surface area (Å²) in [6.45, 7) is 5.13. The second kappa shape index (κ2) is 16.4. The van der Waals surface area contributed by atoms with Crippen molar-refractivity contribution in [1.82, 2.24) is 0 Å². The molecule has 0 aromatic rings. The van der Waals surface area contributed by atoms with Gasteiger partial charge in [-0.2, -0.15) is 0 Å². The summed E-state index contributed by atoms with van der Waals surface area (Å²) >= 11 is 0. The lowest BCUT2D eigenvalue weighted by atomic mass is 9.79. The highest BCUT2D eigenvalue weighted by atomic mass is 16.5. The highest BCUT2D eigenvalue weighted by Crippen LogP contribution is 2.32. The van der Waals surface area contributed by atoms with Crippen LogP contribution in [0.4, 0.5) is 0 Å². The minimum atomic E-state index is -0.342.